The number of ether oxygens (including phenoxy) is 2. The van der Waals surface area contributed by atoms with Crippen molar-refractivity contribution in [3.63, 3.8) is 0 Å². The lowest BCUT2D eigenvalue weighted by Crippen LogP contribution is -2.51. The number of carbonyl (C=O) groups is 2. The molecular weight excluding hydrogens is 342 g/mol. The average Bonchev–Trinajstić information content (AvgIpc) is 2.64. The molecule has 5 heteroatoms. The number of benzene rings is 1. The average molecular weight is 371 g/mol. The van der Waals surface area contributed by atoms with E-state index >= 15 is 0 Å². The molecule has 4 bridgehead atoms. The molecule has 146 valence electrons. The lowest BCUT2D eigenvalue weighted by atomic mass is 9.49. The number of hydrogen-bond donors (Lipinski definition) is 1. The molecule has 1 aromatic carbocycles. The highest BCUT2D eigenvalue weighted by molar-refractivity contribution is 5.81. The van der Waals surface area contributed by atoms with Gasteiger partial charge in [-0.3, -0.25) is 9.59 Å². The molecule has 4 saturated carbocycles. The molecule has 1 aromatic rings. The number of rotatable bonds is 7. The van der Waals surface area contributed by atoms with Crippen molar-refractivity contribution in [1.29, 1.82) is 0 Å². The fourth-order valence-electron chi connectivity index (χ4n) is 6.05. The van der Waals surface area contributed by atoms with Crippen LogP contribution >= 0.6 is 0 Å². The number of carbonyl (C=O) groups excluding carboxylic acids is 2. The molecule has 1 N–H and O–H groups in total. The van der Waals surface area contributed by atoms with E-state index in [2.05, 4.69) is 5.32 Å². The highest BCUT2D eigenvalue weighted by Gasteiger charge is 2.50. The maximum Gasteiger partial charge on any atom is 0.310 e. The first-order valence-electron chi connectivity index (χ1n) is 10.1. The minimum absolute atomic E-state index is 0.103. The molecule has 5 nitrogen and oxygen atoms in total. The Morgan fingerprint density at radius 2 is 1.70 bits per heavy atom. The molecule has 0 radical (unpaired) electrons. The minimum atomic E-state index is -0.413. The summed E-state index contributed by atoms with van der Waals surface area (Å²) in [5.41, 5.74) is 1.06. The van der Waals surface area contributed by atoms with Crippen molar-refractivity contribution in [1.82, 2.24) is 5.32 Å². The minimum Gasteiger partial charge on any atom is -0.496 e. The number of esters is 1. The van der Waals surface area contributed by atoms with Crippen LogP contribution in [-0.4, -0.2) is 32.1 Å². The Labute approximate surface area is 160 Å². The van der Waals surface area contributed by atoms with Gasteiger partial charge in [0.2, 0.25) is 0 Å². The van der Waals surface area contributed by atoms with Crippen molar-refractivity contribution in [3.8, 4) is 5.75 Å². The van der Waals surface area contributed by atoms with Crippen LogP contribution in [0.25, 0.3) is 0 Å². The highest BCUT2D eigenvalue weighted by atomic mass is 16.5. The van der Waals surface area contributed by atoms with Gasteiger partial charge in [-0.2, -0.15) is 0 Å². The third kappa shape index (κ3) is 4.12. The van der Waals surface area contributed by atoms with Gasteiger partial charge in [0, 0.05) is 12.1 Å². The first kappa shape index (κ1) is 18.3. The standard InChI is InChI=1S/C22H29NO4/c1-26-19-5-3-2-4-18(19)9-21(25)27-13-20(24)23-14-22-10-15-6-16(11-22)8-17(7-15)12-22/h2-5,15-17H,6-14H2,1H3,(H,23,24). The summed E-state index contributed by atoms with van der Waals surface area (Å²) in [5.74, 6) is 2.65. The molecule has 0 saturated heterocycles. The predicted molar refractivity (Wildman–Crippen MR) is 101 cm³/mol. The van der Waals surface area contributed by atoms with Crippen LogP contribution in [0.5, 0.6) is 5.75 Å². The largest absolute Gasteiger partial charge is 0.496 e. The van der Waals surface area contributed by atoms with Gasteiger partial charge in [-0.1, -0.05) is 18.2 Å². The van der Waals surface area contributed by atoms with Crippen LogP contribution in [0.1, 0.15) is 44.1 Å². The Hall–Kier alpha value is -2.04. The predicted octanol–water partition coefficient (Wildman–Crippen LogP) is 3.11. The summed E-state index contributed by atoms with van der Waals surface area (Å²) < 4.78 is 10.4. The zero-order valence-electron chi connectivity index (χ0n) is 16.0. The highest BCUT2D eigenvalue weighted by Crippen LogP contribution is 2.59. The number of methoxy groups -OCH3 is 1. The summed E-state index contributed by atoms with van der Waals surface area (Å²) in [6.45, 7) is 0.528. The monoisotopic (exact) mass is 371 g/mol. The molecule has 4 aliphatic rings. The molecule has 0 atom stereocenters. The summed E-state index contributed by atoms with van der Waals surface area (Å²) in [5, 5.41) is 3.04. The van der Waals surface area contributed by atoms with Crippen LogP contribution in [0.15, 0.2) is 24.3 Å². The van der Waals surface area contributed by atoms with E-state index in [0.717, 1.165) is 29.9 Å². The second kappa shape index (κ2) is 7.53. The number of amides is 1. The Bertz CT molecular complexity index is 679. The summed E-state index contributed by atoms with van der Waals surface area (Å²) in [6, 6.07) is 7.34. The van der Waals surface area contributed by atoms with E-state index in [9.17, 15) is 9.59 Å². The van der Waals surface area contributed by atoms with Crippen molar-refractivity contribution >= 4 is 11.9 Å². The molecule has 0 spiro atoms. The number of hydrogen-bond acceptors (Lipinski definition) is 4. The van der Waals surface area contributed by atoms with E-state index in [-0.39, 0.29) is 18.9 Å². The number of para-hydroxylation sites is 1. The zero-order valence-corrected chi connectivity index (χ0v) is 16.0. The van der Waals surface area contributed by atoms with Crippen LogP contribution in [0.2, 0.25) is 0 Å². The van der Waals surface area contributed by atoms with E-state index in [1.807, 2.05) is 18.2 Å². The lowest BCUT2D eigenvalue weighted by molar-refractivity contribution is -0.148. The molecule has 0 heterocycles. The van der Waals surface area contributed by atoms with Gasteiger partial charge in [-0.05, 0) is 67.8 Å². The molecular formula is C22H29NO4. The molecule has 0 aliphatic heterocycles. The SMILES string of the molecule is COc1ccccc1CC(=O)OCC(=O)NCC12CC3CC(CC(C3)C1)C2. The Morgan fingerprint density at radius 1 is 1.07 bits per heavy atom. The van der Waals surface area contributed by atoms with E-state index in [4.69, 9.17) is 9.47 Å². The van der Waals surface area contributed by atoms with E-state index in [1.54, 1.807) is 13.2 Å². The van der Waals surface area contributed by atoms with Gasteiger partial charge in [0.15, 0.2) is 6.61 Å². The second-order valence-corrected chi connectivity index (χ2v) is 8.84. The van der Waals surface area contributed by atoms with Gasteiger partial charge in [0.05, 0.1) is 13.5 Å². The molecule has 4 aliphatic carbocycles. The van der Waals surface area contributed by atoms with Crippen LogP contribution in [0.3, 0.4) is 0 Å². The lowest BCUT2D eigenvalue weighted by Gasteiger charge is -2.56. The van der Waals surface area contributed by atoms with E-state index in [1.165, 1.54) is 38.5 Å². The quantitative estimate of drug-likeness (QED) is 0.748. The van der Waals surface area contributed by atoms with Crippen molar-refractivity contribution in [2.45, 2.75) is 44.9 Å². The van der Waals surface area contributed by atoms with Crippen LogP contribution in [0, 0.1) is 23.2 Å². The van der Waals surface area contributed by atoms with Crippen molar-refractivity contribution in [2.24, 2.45) is 23.2 Å². The molecule has 4 fully saturated rings. The van der Waals surface area contributed by atoms with Crippen molar-refractivity contribution in [3.05, 3.63) is 29.8 Å². The first-order valence-corrected chi connectivity index (χ1v) is 10.1. The molecule has 0 unspecified atom stereocenters. The van der Waals surface area contributed by atoms with Gasteiger partial charge < -0.3 is 14.8 Å². The molecule has 27 heavy (non-hydrogen) atoms. The summed E-state index contributed by atoms with van der Waals surface area (Å²) in [4.78, 5) is 24.3. The Morgan fingerprint density at radius 3 is 2.33 bits per heavy atom. The fraction of sp³-hybridized carbons (Fsp3) is 0.636. The van der Waals surface area contributed by atoms with Gasteiger partial charge in [0.25, 0.3) is 5.91 Å². The first-order chi connectivity index (χ1) is 13.0. The smallest absolute Gasteiger partial charge is 0.310 e. The fourth-order valence-corrected chi connectivity index (χ4v) is 6.05. The van der Waals surface area contributed by atoms with Gasteiger partial charge in [-0.15, -0.1) is 0 Å². The Balaban J connectivity index is 1.23. The zero-order chi connectivity index (χ0) is 18.9. The molecule has 0 aromatic heterocycles. The van der Waals surface area contributed by atoms with Crippen molar-refractivity contribution < 1.29 is 19.1 Å². The van der Waals surface area contributed by atoms with E-state index in [0.29, 0.717) is 11.2 Å². The van der Waals surface area contributed by atoms with Gasteiger partial charge in [-0.25, -0.2) is 0 Å². The second-order valence-electron chi connectivity index (χ2n) is 8.84. The van der Waals surface area contributed by atoms with Crippen molar-refractivity contribution in [2.75, 3.05) is 20.3 Å². The topological polar surface area (TPSA) is 64.6 Å². The van der Waals surface area contributed by atoms with Crippen LogP contribution < -0.4 is 10.1 Å². The third-order valence-corrected chi connectivity index (χ3v) is 6.72. The maximum absolute atomic E-state index is 12.2. The number of nitrogens with one attached hydrogen (secondary N) is 1. The molecule has 1 amide bonds. The maximum atomic E-state index is 12.2. The molecule has 5 rings (SSSR count). The van der Waals surface area contributed by atoms with E-state index < -0.39 is 5.97 Å². The third-order valence-electron chi connectivity index (χ3n) is 6.72. The summed E-state index contributed by atoms with van der Waals surface area (Å²) >= 11 is 0. The van der Waals surface area contributed by atoms with Gasteiger partial charge in [0.1, 0.15) is 5.75 Å². The van der Waals surface area contributed by atoms with Crippen LogP contribution in [0.4, 0.5) is 0 Å². The van der Waals surface area contributed by atoms with Gasteiger partial charge >= 0.3 is 5.97 Å². The van der Waals surface area contributed by atoms with Crippen LogP contribution in [-0.2, 0) is 20.7 Å². The summed E-state index contributed by atoms with van der Waals surface area (Å²) in [6.07, 6.45) is 8.06. The normalized spacial score (nSPS) is 30.8. The Kier molecular flexibility index (Phi) is 5.11. The summed E-state index contributed by atoms with van der Waals surface area (Å²) in [7, 11) is 1.57.